The van der Waals surface area contributed by atoms with Crippen LogP contribution in [0.3, 0.4) is 0 Å². The van der Waals surface area contributed by atoms with E-state index in [0.29, 0.717) is 14.5 Å². The molecule has 0 N–H and O–H groups in total. The zero-order valence-electron chi connectivity index (χ0n) is 10.6. The van der Waals surface area contributed by atoms with E-state index in [1.807, 2.05) is 0 Å². The van der Waals surface area contributed by atoms with Crippen molar-refractivity contribution in [3.8, 4) is 0 Å². The van der Waals surface area contributed by atoms with Crippen LogP contribution < -0.4 is 0 Å². The molecule has 0 amide bonds. The first-order valence-corrected chi connectivity index (χ1v) is 8.10. The van der Waals surface area contributed by atoms with Crippen LogP contribution in [0.1, 0.15) is 11.1 Å². The van der Waals surface area contributed by atoms with E-state index in [9.17, 15) is 8.78 Å². The lowest BCUT2D eigenvalue weighted by molar-refractivity contribution is 0.621. The lowest BCUT2D eigenvalue weighted by Crippen LogP contribution is -1.97. The third-order valence-corrected chi connectivity index (χ3v) is 4.25. The Balaban J connectivity index is 2.29. The van der Waals surface area contributed by atoms with Gasteiger partial charge in [-0.2, -0.15) is 0 Å². The van der Waals surface area contributed by atoms with Gasteiger partial charge in [0.15, 0.2) is 10.3 Å². The quantitative estimate of drug-likeness (QED) is 0.384. The van der Waals surface area contributed by atoms with Crippen molar-refractivity contribution >= 4 is 65.4 Å². The predicted octanol–water partition coefficient (Wildman–Crippen LogP) is 6.08. The van der Waals surface area contributed by atoms with E-state index < -0.39 is 11.6 Å². The van der Waals surface area contributed by atoms with E-state index in [2.05, 4.69) is 42.1 Å². The van der Waals surface area contributed by atoms with E-state index in [4.69, 9.17) is 23.2 Å². The summed E-state index contributed by atoms with van der Waals surface area (Å²) in [7, 11) is 0. The number of nitrogens with zero attached hydrogens (tertiary/aromatic N) is 2. The first-order chi connectivity index (χ1) is 10.4. The van der Waals surface area contributed by atoms with Crippen molar-refractivity contribution in [2.24, 2.45) is 10.2 Å². The molecule has 0 heterocycles. The molecule has 0 unspecified atom stereocenters. The van der Waals surface area contributed by atoms with Gasteiger partial charge in [-0.05, 0) is 46.3 Å². The number of halogens is 6. The van der Waals surface area contributed by atoms with Gasteiger partial charge in [0.05, 0.1) is 4.47 Å². The van der Waals surface area contributed by atoms with Gasteiger partial charge >= 0.3 is 0 Å². The van der Waals surface area contributed by atoms with Crippen LogP contribution in [0.25, 0.3) is 0 Å². The molecule has 2 aromatic rings. The third-order valence-electron chi connectivity index (χ3n) is 2.54. The fourth-order valence-electron chi connectivity index (χ4n) is 1.48. The molecule has 8 heteroatoms. The zero-order valence-corrected chi connectivity index (χ0v) is 15.3. The van der Waals surface area contributed by atoms with Gasteiger partial charge in [0, 0.05) is 15.6 Å². The lowest BCUT2D eigenvalue weighted by Gasteiger charge is -2.01. The number of hydrogen-bond donors (Lipinski definition) is 0. The number of hydrogen-bond acceptors (Lipinski definition) is 2. The van der Waals surface area contributed by atoms with Crippen molar-refractivity contribution in [2.75, 3.05) is 0 Å². The van der Waals surface area contributed by atoms with Gasteiger partial charge in [-0.3, -0.25) is 0 Å². The summed E-state index contributed by atoms with van der Waals surface area (Å²) in [6.45, 7) is 0. The standard InChI is InChI=1S/C14H6Br2Cl2F2N2/c15-8-2-3-9(11(19)6-8)14(18)22-21-13(17)7-1-4-10(16)12(20)5-7/h1-6H. The smallest absolute Gasteiger partial charge is 0.161 e. The second-order valence-corrected chi connectivity index (χ2v) is 6.52. The Labute approximate surface area is 152 Å². The highest BCUT2D eigenvalue weighted by Gasteiger charge is 2.09. The lowest BCUT2D eigenvalue weighted by atomic mass is 10.2. The van der Waals surface area contributed by atoms with Gasteiger partial charge in [0.2, 0.25) is 0 Å². The molecule has 0 aliphatic rings. The molecule has 0 bridgehead atoms. The van der Waals surface area contributed by atoms with Crippen LogP contribution in [0.5, 0.6) is 0 Å². The maximum atomic E-state index is 13.7. The average Bonchev–Trinajstić information content (AvgIpc) is 2.47. The molecular weight excluding hydrogens is 465 g/mol. The van der Waals surface area contributed by atoms with Gasteiger partial charge in [0.25, 0.3) is 0 Å². The molecule has 0 aliphatic carbocycles. The van der Waals surface area contributed by atoms with Crippen molar-refractivity contribution < 1.29 is 8.78 Å². The second-order valence-electron chi connectivity index (χ2n) is 4.03. The van der Waals surface area contributed by atoms with E-state index in [1.54, 1.807) is 12.1 Å². The summed E-state index contributed by atoms with van der Waals surface area (Å²) in [6, 6.07) is 8.56. The van der Waals surface area contributed by atoms with E-state index in [-0.39, 0.29) is 15.9 Å². The fourth-order valence-corrected chi connectivity index (χ4v) is 2.41. The Bertz CT molecular complexity index is 779. The first kappa shape index (κ1) is 17.5. The molecule has 0 fully saturated rings. The number of rotatable bonds is 3. The molecule has 0 saturated heterocycles. The van der Waals surface area contributed by atoms with E-state index in [1.165, 1.54) is 24.3 Å². The highest BCUT2D eigenvalue weighted by Crippen LogP contribution is 2.19. The summed E-state index contributed by atoms with van der Waals surface area (Å²) in [5.74, 6) is -1.04. The molecule has 0 aromatic heterocycles. The van der Waals surface area contributed by atoms with Crippen molar-refractivity contribution in [1.82, 2.24) is 0 Å². The van der Waals surface area contributed by atoms with Crippen LogP contribution in [-0.4, -0.2) is 10.3 Å². The van der Waals surface area contributed by atoms with Gasteiger partial charge in [-0.1, -0.05) is 45.2 Å². The molecule has 0 saturated carbocycles. The Hall–Kier alpha value is -0.820. The van der Waals surface area contributed by atoms with Crippen LogP contribution in [-0.2, 0) is 0 Å². The minimum atomic E-state index is -0.552. The summed E-state index contributed by atoms with van der Waals surface area (Å²) < 4.78 is 28.0. The van der Waals surface area contributed by atoms with Crippen molar-refractivity contribution in [3.63, 3.8) is 0 Å². The van der Waals surface area contributed by atoms with Gasteiger partial charge in [0.1, 0.15) is 11.6 Å². The molecule has 114 valence electrons. The zero-order chi connectivity index (χ0) is 16.3. The summed E-state index contributed by atoms with van der Waals surface area (Å²) in [5.41, 5.74) is 0.409. The van der Waals surface area contributed by atoms with Crippen LogP contribution in [0, 0.1) is 11.6 Å². The van der Waals surface area contributed by atoms with Crippen molar-refractivity contribution in [1.29, 1.82) is 0 Å². The van der Waals surface area contributed by atoms with Crippen molar-refractivity contribution in [3.05, 3.63) is 68.1 Å². The molecule has 2 aromatic carbocycles. The minimum Gasteiger partial charge on any atom is -0.206 e. The normalized spacial score (nSPS) is 12.6. The Morgan fingerprint density at radius 1 is 0.864 bits per heavy atom. The summed E-state index contributed by atoms with van der Waals surface area (Å²) in [6.07, 6.45) is 0. The molecule has 2 rings (SSSR count). The molecule has 22 heavy (non-hydrogen) atoms. The molecule has 0 radical (unpaired) electrons. The highest BCUT2D eigenvalue weighted by atomic mass is 79.9. The molecule has 0 atom stereocenters. The SMILES string of the molecule is Fc1cc(C(Cl)=NN=C(Cl)c2ccc(Br)cc2F)ccc1Br. The molecule has 0 spiro atoms. The van der Waals surface area contributed by atoms with Crippen LogP contribution in [0.15, 0.2) is 55.5 Å². The highest BCUT2D eigenvalue weighted by molar-refractivity contribution is 9.10. The molecule has 2 nitrogen and oxygen atoms in total. The fraction of sp³-hybridized carbons (Fsp3) is 0. The number of benzene rings is 2. The van der Waals surface area contributed by atoms with Crippen LogP contribution >= 0.6 is 55.1 Å². The Kier molecular flexibility index (Phi) is 6.09. The van der Waals surface area contributed by atoms with Crippen molar-refractivity contribution in [2.45, 2.75) is 0 Å². The van der Waals surface area contributed by atoms with Gasteiger partial charge < -0.3 is 0 Å². The summed E-state index contributed by atoms with van der Waals surface area (Å²) in [5, 5.41) is 7.11. The Morgan fingerprint density at radius 2 is 1.55 bits per heavy atom. The summed E-state index contributed by atoms with van der Waals surface area (Å²) in [4.78, 5) is 0. The first-order valence-electron chi connectivity index (χ1n) is 5.76. The van der Waals surface area contributed by atoms with E-state index >= 15 is 0 Å². The topological polar surface area (TPSA) is 24.7 Å². The maximum Gasteiger partial charge on any atom is 0.161 e. The van der Waals surface area contributed by atoms with Crippen LogP contribution in [0.4, 0.5) is 8.78 Å². The summed E-state index contributed by atoms with van der Waals surface area (Å²) >= 11 is 18.0. The molecule has 0 aliphatic heterocycles. The minimum absolute atomic E-state index is 0.0675. The van der Waals surface area contributed by atoms with Crippen LogP contribution in [0.2, 0.25) is 0 Å². The van der Waals surface area contributed by atoms with E-state index in [0.717, 1.165) is 0 Å². The maximum absolute atomic E-state index is 13.7. The van der Waals surface area contributed by atoms with Gasteiger partial charge in [-0.25, -0.2) is 8.78 Å². The monoisotopic (exact) mass is 468 g/mol. The second kappa shape index (κ2) is 7.64. The third kappa shape index (κ3) is 4.35. The molecular formula is C14H6Br2Cl2F2N2. The average molecular weight is 471 g/mol. The largest absolute Gasteiger partial charge is 0.206 e. The Morgan fingerprint density at radius 3 is 2.18 bits per heavy atom. The van der Waals surface area contributed by atoms with Gasteiger partial charge in [-0.15, -0.1) is 10.2 Å². The predicted molar refractivity (Wildman–Crippen MR) is 93.0 cm³/mol.